The number of methoxy groups -OCH3 is 2. The zero-order valence-corrected chi connectivity index (χ0v) is 13.9. The normalized spacial score (nSPS) is 10.6. The summed E-state index contributed by atoms with van der Waals surface area (Å²) in [6.45, 7) is 2.07. The van der Waals surface area contributed by atoms with Crippen LogP contribution in [0.25, 0.3) is 11.0 Å². The second-order valence-electron chi connectivity index (χ2n) is 5.35. The van der Waals surface area contributed by atoms with Gasteiger partial charge >= 0.3 is 0 Å². The summed E-state index contributed by atoms with van der Waals surface area (Å²) in [5.74, 6) is 1.87. The quantitative estimate of drug-likeness (QED) is 0.783. The van der Waals surface area contributed by atoms with Gasteiger partial charge in [-0.2, -0.15) is 0 Å². The van der Waals surface area contributed by atoms with Crippen molar-refractivity contribution in [3.05, 3.63) is 48.3 Å². The minimum atomic E-state index is -0.148. The number of rotatable bonds is 5. The smallest absolute Gasteiger partial charge is 0.244 e. The van der Waals surface area contributed by atoms with Crippen LogP contribution in [0.4, 0.5) is 5.69 Å². The molecule has 2 aromatic carbocycles. The highest BCUT2D eigenvalue weighted by Crippen LogP contribution is 2.29. The number of para-hydroxylation sites is 2. The molecule has 1 aromatic heterocycles. The minimum absolute atomic E-state index is 0.148. The molecule has 1 N–H and O–H groups in total. The van der Waals surface area contributed by atoms with Crippen molar-refractivity contribution >= 4 is 22.6 Å². The number of amides is 1. The van der Waals surface area contributed by atoms with Gasteiger partial charge < -0.3 is 19.4 Å². The Morgan fingerprint density at radius 1 is 1.17 bits per heavy atom. The third kappa shape index (κ3) is 3.03. The summed E-state index contributed by atoms with van der Waals surface area (Å²) in [6.07, 6.45) is 0. The zero-order valence-electron chi connectivity index (χ0n) is 13.9. The SMILES string of the molecule is COc1ccc(NC(=O)Cn2c(C)nc3ccccc32)c(OC)c1. The molecule has 3 rings (SSSR count). The number of anilines is 1. The van der Waals surface area contributed by atoms with Gasteiger partial charge in [-0.25, -0.2) is 4.98 Å². The predicted molar refractivity (Wildman–Crippen MR) is 92.6 cm³/mol. The molecule has 0 aliphatic heterocycles. The molecule has 0 aliphatic rings. The number of nitrogens with zero attached hydrogens (tertiary/aromatic N) is 2. The largest absolute Gasteiger partial charge is 0.497 e. The van der Waals surface area contributed by atoms with E-state index >= 15 is 0 Å². The third-order valence-electron chi connectivity index (χ3n) is 3.83. The molecule has 0 radical (unpaired) electrons. The number of hydrogen-bond donors (Lipinski definition) is 1. The Morgan fingerprint density at radius 2 is 1.96 bits per heavy atom. The van der Waals surface area contributed by atoms with Crippen molar-refractivity contribution in [2.24, 2.45) is 0 Å². The fraction of sp³-hybridized carbons (Fsp3) is 0.222. The van der Waals surface area contributed by atoms with Gasteiger partial charge in [0.2, 0.25) is 5.91 Å². The summed E-state index contributed by atoms with van der Waals surface area (Å²) in [5.41, 5.74) is 2.42. The molecule has 0 unspecified atom stereocenters. The lowest BCUT2D eigenvalue weighted by Crippen LogP contribution is -2.19. The van der Waals surface area contributed by atoms with E-state index in [-0.39, 0.29) is 12.5 Å². The van der Waals surface area contributed by atoms with Crippen molar-refractivity contribution in [1.29, 1.82) is 0 Å². The number of ether oxygens (including phenoxy) is 2. The number of nitrogens with one attached hydrogen (secondary N) is 1. The van der Waals surface area contributed by atoms with Gasteiger partial charge in [0.1, 0.15) is 23.9 Å². The van der Waals surface area contributed by atoms with Gasteiger partial charge in [-0.1, -0.05) is 12.1 Å². The maximum Gasteiger partial charge on any atom is 0.244 e. The average Bonchev–Trinajstić information content (AvgIpc) is 2.91. The van der Waals surface area contributed by atoms with Gasteiger partial charge in [0.15, 0.2) is 0 Å². The van der Waals surface area contributed by atoms with Crippen LogP contribution in [0.15, 0.2) is 42.5 Å². The first-order valence-corrected chi connectivity index (χ1v) is 7.56. The molecule has 24 heavy (non-hydrogen) atoms. The predicted octanol–water partition coefficient (Wildman–Crippen LogP) is 3.00. The van der Waals surface area contributed by atoms with E-state index in [4.69, 9.17) is 9.47 Å². The summed E-state index contributed by atoms with van der Waals surface area (Å²) in [5, 5.41) is 2.87. The molecule has 0 spiro atoms. The molecule has 6 heteroatoms. The zero-order chi connectivity index (χ0) is 17.1. The van der Waals surface area contributed by atoms with Crippen LogP contribution in [-0.2, 0) is 11.3 Å². The summed E-state index contributed by atoms with van der Waals surface area (Å²) >= 11 is 0. The number of carbonyl (C=O) groups excluding carboxylic acids is 1. The van der Waals surface area contributed by atoms with E-state index in [1.165, 1.54) is 0 Å². The van der Waals surface area contributed by atoms with E-state index in [0.29, 0.717) is 17.2 Å². The topological polar surface area (TPSA) is 65.4 Å². The fourth-order valence-corrected chi connectivity index (χ4v) is 2.63. The van der Waals surface area contributed by atoms with Crippen molar-refractivity contribution < 1.29 is 14.3 Å². The van der Waals surface area contributed by atoms with Crippen molar-refractivity contribution in [3.63, 3.8) is 0 Å². The standard InChI is InChI=1S/C18H19N3O3/c1-12-19-14-6-4-5-7-16(14)21(12)11-18(22)20-15-9-8-13(23-2)10-17(15)24-3/h4-10H,11H2,1-3H3,(H,20,22). The number of carbonyl (C=O) groups is 1. The van der Waals surface area contributed by atoms with Gasteiger partial charge in [0, 0.05) is 6.07 Å². The summed E-state index contributed by atoms with van der Waals surface area (Å²) < 4.78 is 12.4. The molecule has 1 amide bonds. The van der Waals surface area contributed by atoms with Gasteiger partial charge in [-0.05, 0) is 31.2 Å². The molecule has 0 saturated carbocycles. The van der Waals surface area contributed by atoms with E-state index < -0.39 is 0 Å². The fourth-order valence-electron chi connectivity index (χ4n) is 2.63. The number of benzene rings is 2. The summed E-state index contributed by atoms with van der Waals surface area (Å²) in [7, 11) is 3.14. The molecular weight excluding hydrogens is 306 g/mol. The lowest BCUT2D eigenvalue weighted by Gasteiger charge is -2.12. The van der Waals surface area contributed by atoms with E-state index in [1.807, 2.05) is 35.8 Å². The van der Waals surface area contributed by atoms with E-state index in [0.717, 1.165) is 16.9 Å². The Kier molecular flexibility index (Phi) is 4.37. The second-order valence-corrected chi connectivity index (χ2v) is 5.35. The van der Waals surface area contributed by atoms with Crippen molar-refractivity contribution in [2.75, 3.05) is 19.5 Å². The van der Waals surface area contributed by atoms with Crippen LogP contribution < -0.4 is 14.8 Å². The molecule has 0 fully saturated rings. The minimum Gasteiger partial charge on any atom is -0.497 e. The van der Waals surface area contributed by atoms with E-state index in [2.05, 4.69) is 10.3 Å². The Balaban J connectivity index is 1.82. The van der Waals surface area contributed by atoms with Crippen LogP contribution in [0.5, 0.6) is 11.5 Å². The number of aryl methyl sites for hydroxylation is 1. The van der Waals surface area contributed by atoms with Gasteiger partial charge in [-0.15, -0.1) is 0 Å². The third-order valence-corrected chi connectivity index (χ3v) is 3.83. The van der Waals surface area contributed by atoms with Gasteiger partial charge in [-0.3, -0.25) is 4.79 Å². The number of fused-ring (bicyclic) bond motifs is 1. The molecule has 1 heterocycles. The van der Waals surface area contributed by atoms with E-state index in [9.17, 15) is 4.79 Å². The highest BCUT2D eigenvalue weighted by atomic mass is 16.5. The molecule has 0 bridgehead atoms. The van der Waals surface area contributed by atoms with Crippen molar-refractivity contribution in [1.82, 2.24) is 9.55 Å². The van der Waals surface area contributed by atoms with Crippen molar-refractivity contribution in [2.45, 2.75) is 13.5 Å². The molecule has 124 valence electrons. The van der Waals surface area contributed by atoms with Gasteiger partial charge in [0.05, 0.1) is 30.9 Å². The Bertz CT molecular complexity index is 886. The average molecular weight is 325 g/mol. The summed E-state index contributed by atoms with van der Waals surface area (Å²) in [6, 6.07) is 13.0. The maximum absolute atomic E-state index is 12.5. The first-order chi connectivity index (χ1) is 11.6. The van der Waals surface area contributed by atoms with Crippen LogP contribution in [-0.4, -0.2) is 29.7 Å². The Hall–Kier alpha value is -3.02. The number of aromatic nitrogens is 2. The molecule has 3 aromatic rings. The highest BCUT2D eigenvalue weighted by molar-refractivity contribution is 5.93. The Labute approximate surface area is 140 Å². The lowest BCUT2D eigenvalue weighted by molar-refractivity contribution is -0.116. The van der Waals surface area contributed by atoms with Crippen LogP contribution in [0.3, 0.4) is 0 Å². The van der Waals surface area contributed by atoms with Crippen LogP contribution >= 0.6 is 0 Å². The first kappa shape index (κ1) is 15.9. The van der Waals surface area contributed by atoms with Crippen LogP contribution in [0.1, 0.15) is 5.82 Å². The maximum atomic E-state index is 12.5. The number of imidazole rings is 1. The molecule has 0 aliphatic carbocycles. The molecule has 0 atom stereocenters. The van der Waals surface area contributed by atoms with Crippen LogP contribution in [0.2, 0.25) is 0 Å². The first-order valence-electron chi connectivity index (χ1n) is 7.56. The highest BCUT2D eigenvalue weighted by Gasteiger charge is 2.13. The van der Waals surface area contributed by atoms with Crippen molar-refractivity contribution in [3.8, 4) is 11.5 Å². The molecular formula is C18H19N3O3. The molecule has 6 nitrogen and oxygen atoms in total. The van der Waals surface area contributed by atoms with E-state index in [1.54, 1.807) is 32.4 Å². The number of hydrogen-bond acceptors (Lipinski definition) is 4. The summed E-state index contributed by atoms with van der Waals surface area (Å²) in [4.78, 5) is 16.9. The van der Waals surface area contributed by atoms with Gasteiger partial charge in [0.25, 0.3) is 0 Å². The van der Waals surface area contributed by atoms with Crippen LogP contribution in [0, 0.1) is 6.92 Å². The Morgan fingerprint density at radius 3 is 2.71 bits per heavy atom. The monoisotopic (exact) mass is 325 g/mol. The lowest BCUT2D eigenvalue weighted by atomic mass is 10.2. The molecule has 0 saturated heterocycles. The second kappa shape index (κ2) is 6.62.